The Labute approximate surface area is 208 Å². The van der Waals surface area contributed by atoms with E-state index < -0.39 is 0 Å². The van der Waals surface area contributed by atoms with E-state index in [2.05, 4.69) is 0 Å². The molecule has 0 unspecified atom stereocenters. The van der Waals surface area contributed by atoms with E-state index in [-0.39, 0.29) is 23.0 Å². The number of phenols is 4. The predicted molar refractivity (Wildman–Crippen MR) is 137 cm³/mol. The lowest BCUT2D eigenvalue weighted by molar-refractivity contribution is 0.468. The van der Waals surface area contributed by atoms with Crippen LogP contribution in [0, 0.1) is 13.8 Å². The van der Waals surface area contributed by atoms with Crippen molar-refractivity contribution in [3.05, 3.63) is 104 Å². The standard InChI is InChI=1S/C28H24Cl2O4/c1-15-7-27(33)19(9-17-3-5-21(31)13-25(17)29)11-23(15)24-12-20(28(34)8-16(24)2)10-18-4-6-22(32)14-26(18)30/h3-8,11-14,31-34H,9-10H2,1-2H3. The number of aryl methyl sites for hydroxylation is 2. The summed E-state index contributed by atoms with van der Waals surface area (Å²) < 4.78 is 0. The number of phenolic OH excluding ortho intramolecular Hbond substituents is 4. The van der Waals surface area contributed by atoms with Crippen LogP contribution in [-0.4, -0.2) is 20.4 Å². The molecule has 34 heavy (non-hydrogen) atoms. The SMILES string of the molecule is Cc1cc(O)c(Cc2ccc(O)cc2Cl)cc1-c1cc(Cc2ccc(O)cc2Cl)c(O)cc1C. The first-order chi connectivity index (χ1) is 16.1. The topological polar surface area (TPSA) is 80.9 Å². The molecule has 0 aromatic heterocycles. The van der Waals surface area contributed by atoms with Gasteiger partial charge in [0.2, 0.25) is 0 Å². The molecule has 4 N–H and O–H groups in total. The molecule has 0 amide bonds. The average Bonchev–Trinajstić information content (AvgIpc) is 2.75. The molecular weight excluding hydrogens is 471 g/mol. The third-order valence-corrected chi connectivity index (χ3v) is 6.68. The Morgan fingerprint density at radius 1 is 0.529 bits per heavy atom. The van der Waals surface area contributed by atoms with E-state index in [0.29, 0.717) is 34.0 Å². The van der Waals surface area contributed by atoms with Gasteiger partial charge in [0.1, 0.15) is 23.0 Å². The van der Waals surface area contributed by atoms with Crippen LogP contribution >= 0.6 is 23.2 Å². The highest BCUT2D eigenvalue weighted by Gasteiger charge is 2.16. The van der Waals surface area contributed by atoms with Crippen molar-refractivity contribution < 1.29 is 20.4 Å². The lowest BCUT2D eigenvalue weighted by atomic mass is 9.90. The third kappa shape index (κ3) is 4.93. The van der Waals surface area contributed by atoms with Crippen LogP contribution < -0.4 is 0 Å². The molecule has 0 aliphatic carbocycles. The lowest BCUT2D eigenvalue weighted by Gasteiger charge is -2.17. The minimum atomic E-state index is 0.0866. The molecule has 4 nitrogen and oxygen atoms in total. The van der Waals surface area contributed by atoms with E-state index in [1.165, 1.54) is 12.1 Å². The maximum absolute atomic E-state index is 10.6. The lowest BCUT2D eigenvalue weighted by Crippen LogP contribution is -1.97. The summed E-state index contributed by atoms with van der Waals surface area (Å²) in [4.78, 5) is 0. The molecule has 4 rings (SSSR count). The van der Waals surface area contributed by atoms with Crippen LogP contribution in [0.4, 0.5) is 0 Å². The van der Waals surface area contributed by atoms with E-state index in [1.54, 1.807) is 36.4 Å². The molecule has 4 aromatic rings. The first kappa shape index (κ1) is 23.8. The Kier molecular flexibility index (Phi) is 6.65. The van der Waals surface area contributed by atoms with Crippen molar-refractivity contribution in [1.29, 1.82) is 0 Å². The van der Waals surface area contributed by atoms with Gasteiger partial charge in [-0.15, -0.1) is 0 Å². The number of halogens is 2. The zero-order valence-electron chi connectivity index (χ0n) is 18.7. The van der Waals surface area contributed by atoms with Gasteiger partial charge in [0.25, 0.3) is 0 Å². The van der Waals surface area contributed by atoms with Crippen molar-refractivity contribution in [3.8, 4) is 34.1 Å². The van der Waals surface area contributed by atoms with Crippen LogP contribution in [-0.2, 0) is 12.8 Å². The quantitative estimate of drug-likeness (QED) is 0.235. The molecule has 0 saturated carbocycles. The van der Waals surface area contributed by atoms with E-state index in [0.717, 1.165) is 33.4 Å². The second-order valence-corrected chi connectivity index (χ2v) is 9.31. The van der Waals surface area contributed by atoms with E-state index in [1.807, 2.05) is 26.0 Å². The first-order valence-electron chi connectivity index (χ1n) is 10.7. The van der Waals surface area contributed by atoms with Crippen molar-refractivity contribution in [2.75, 3.05) is 0 Å². The van der Waals surface area contributed by atoms with Gasteiger partial charge >= 0.3 is 0 Å². The Hall–Kier alpha value is -3.34. The van der Waals surface area contributed by atoms with Crippen LogP contribution in [0.5, 0.6) is 23.0 Å². The number of hydrogen-bond donors (Lipinski definition) is 4. The highest BCUT2D eigenvalue weighted by atomic mass is 35.5. The maximum Gasteiger partial charge on any atom is 0.119 e. The van der Waals surface area contributed by atoms with Gasteiger partial charge in [-0.25, -0.2) is 0 Å². The summed E-state index contributed by atoms with van der Waals surface area (Å²) in [5.74, 6) is 0.503. The van der Waals surface area contributed by atoms with Crippen LogP contribution in [0.3, 0.4) is 0 Å². The van der Waals surface area contributed by atoms with Crippen LogP contribution in [0.15, 0.2) is 60.7 Å². The van der Waals surface area contributed by atoms with Crippen LogP contribution in [0.25, 0.3) is 11.1 Å². The fourth-order valence-corrected chi connectivity index (χ4v) is 4.59. The molecule has 0 aliphatic heterocycles. The summed E-state index contributed by atoms with van der Waals surface area (Å²) in [6, 6.07) is 16.9. The summed E-state index contributed by atoms with van der Waals surface area (Å²) in [6.07, 6.45) is 0.788. The molecule has 0 fully saturated rings. The zero-order chi connectivity index (χ0) is 24.6. The maximum atomic E-state index is 10.6. The van der Waals surface area contributed by atoms with Crippen molar-refractivity contribution >= 4 is 23.2 Å². The van der Waals surface area contributed by atoms with Gasteiger partial charge in [-0.2, -0.15) is 0 Å². The van der Waals surface area contributed by atoms with Gasteiger partial charge in [-0.05, 0) is 107 Å². The Morgan fingerprint density at radius 2 is 0.912 bits per heavy atom. The molecule has 0 bridgehead atoms. The minimum Gasteiger partial charge on any atom is -0.508 e. The summed E-state index contributed by atoms with van der Waals surface area (Å²) in [5.41, 5.74) is 6.61. The normalized spacial score (nSPS) is 11.1. The van der Waals surface area contributed by atoms with Gasteiger partial charge < -0.3 is 20.4 Å². The highest BCUT2D eigenvalue weighted by Crippen LogP contribution is 2.37. The summed E-state index contributed by atoms with van der Waals surface area (Å²) in [5, 5.41) is 41.3. The molecule has 0 saturated heterocycles. The molecule has 0 heterocycles. The van der Waals surface area contributed by atoms with Crippen molar-refractivity contribution in [2.45, 2.75) is 26.7 Å². The molecule has 4 aromatic carbocycles. The van der Waals surface area contributed by atoms with Gasteiger partial charge in [-0.1, -0.05) is 35.3 Å². The largest absolute Gasteiger partial charge is 0.508 e. The Bertz CT molecular complexity index is 1290. The van der Waals surface area contributed by atoms with Gasteiger partial charge in [0.05, 0.1) is 0 Å². The second-order valence-electron chi connectivity index (χ2n) is 8.50. The highest BCUT2D eigenvalue weighted by molar-refractivity contribution is 6.31. The predicted octanol–water partition coefficient (Wildman–Crippen LogP) is 7.28. The van der Waals surface area contributed by atoms with Gasteiger partial charge in [0, 0.05) is 22.9 Å². The van der Waals surface area contributed by atoms with E-state index in [9.17, 15) is 20.4 Å². The number of benzene rings is 4. The van der Waals surface area contributed by atoms with Crippen molar-refractivity contribution in [1.82, 2.24) is 0 Å². The number of hydrogen-bond acceptors (Lipinski definition) is 4. The molecule has 0 atom stereocenters. The fraction of sp³-hybridized carbons (Fsp3) is 0.143. The fourth-order valence-electron chi connectivity index (χ4n) is 4.11. The summed E-state index contributed by atoms with van der Waals surface area (Å²) in [7, 11) is 0. The van der Waals surface area contributed by atoms with E-state index >= 15 is 0 Å². The Morgan fingerprint density at radius 3 is 1.26 bits per heavy atom. The molecule has 0 radical (unpaired) electrons. The molecule has 0 aliphatic rings. The Balaban J connectivity index is 1.76. The average molecular weight is 495 g/mol. The first-order valence-corrected chi connectivity index (χ1v) is 11.5. The monoisotopic (exact) mass is 494 g/mol. The second kappa shape index (κ2) is 9.49. The van der Waals surface area contributed by atoms with Crippen LogP contribution in [0.1, 0.15) is 33.4 Å². The summed E-state index contributed by atoms with van der Waals surface area (Å²) >= 11 is 12.6. The zero-order valence-corrected chi connectivity index (χ0v) is 20.2. The molecule has 6 heteroatoms. The summed E-state index contributed by atoms with van der Waals surface area (Å²) in [6.45, 7) is 3.85. The van der Waals surface area contributed by atoms with E-state index in [4.69, 9.17) is 23.2 Å². The molecule has 0 spiro atoms. The van der Waals surface area contributed by atoms with Crippen molar-refractivity contribution in [3.63, 3.8) is 0 Å². The smallest absolute Gasteiger partial charge is 0.119 e. The molecular formula is C28H24Cl2O4. The number of rotatable bonds is 5. The third-order valence-electron chi connectivity index (χ3n) is 5.98. The minimum absolute atomic E-state index is 0.0866. The molecule has 174 valence electrons. The van der Waals surface area contributed by atoms with Crippen molar-refractivity contribution in [2.24, 2.45) is 0 Å². The van der Waals surface area contributed by atoms with Gasteiger partial charge in [-0.3, -0.25) is 0 Å². The number of aromatic hydroxyl groups is 4. The van der Waals surface area contributed by atoms with Gasteiger partial charge in [0.15, 0.2) is 0 Å². The van der Waals surface area contributed by atoms with Crippen LogP contribution in [0.2, 0.25) is 10.0 Å².